The van der Waals surface area contributed by atoms with Crippen LogP contribution < -0.4 is 11.1 Å². The lowest BCUT2D eigenvalue weighted by Crippen LogP contribution is -2.25. The van der Waals surface area contributed by atoms with E-state index in [1.165, 1.54) is 7.11 Å². The predicted octanol–water partition coefficient (Wildman–Crippen LogP) is 3.63. The smallest absolute Gasteiger partial charge is 0.277 e. The fourth-order valence-corrected chi connectivity index (χ4v) is 1.19. The van der Waals surface area contributed by atoms with E-state index in [0.717, 1.165) is 16.7 Å². The van der Waals surface area contributed by atoms with Crippen LogP contribution >= 0.6 is 0 Å². The minimum atomic E-state index is -0.230. The van der Waals surface area contributed by atoms with Gasteiger partial charge in [0.15, 0.2) is 0 Å². The molecule has 0 aliphatic rings. The standard InChI is InChI=1S/C10H15N3O2.C4H10.C2H6/c1-12-9-5-4-7(6-8(9)11)10(14)13(2)15-3;1-4(2)3;1-2/h4-6,12H,11H2,1-3H3;4H,1-3H3;1-2H3. The summed E-state index contributed by atoms with van der Waals surface area (Å²) in [6.45, 7) is 10.5. The third kappa shape index (κ3) is 8.92. The summed E-state index contributed by atoms with van der Waals surface area (Å²) < 4.78 is 0. The molecule has 1 rings (SSSR count). The molecule has 0 aromatic heterocycles. The second-order valence-electron chi connectivity index (χ2n) is 4.77. The number of nitrogens with zero attached hydrogens (tertiary/aromatic N) is 1. The van der Waals surface area contributed by atoms with Gasteiger partial charge in [-0.25, -0.2) is 5.06 Å². The van der Waals surface area contributed by atoms with E-state index in [4.69, 9.17) is 10.6 Å². The zero-order chi connectivity index (χ0) is 17.0. The molecule has 5 heteroatoms. The van der Waals surface area contributed by atoms with Crippen LogP contribution in [0.4, 0.5) is 11.4 Å². The van der Waals surface area contributed by atoms with Crippen LogP contribution in [-0.4, -0.2) is 32.2 Å². The second-order valence-corrected chi connectivity index (χ2v) is 4.77. The number of anilines is 2. The van der Waals surface area contributed by atoms with Crippen molar-refractivity contribution in [3.63, 3.8) is 0 Å². The van der Waals surface area contributed by atoms with Gasteiger partial charge in [-0.1, -0.05) is 34.6 Å². The molecule has 0 aliphatic heterocycles. The zero-order valence-electron chi connectivity index (χ0n) is 14.7. The highest BCUT2D eigenvalue weighted by molar-refractivity contribution is 5.95. The summed E-state index contributed by atoms with van der Waals surface area (Å²) in [5.74, 6) is 0.604. The monoisotopic (exact) mass is 297 g/mol. The number of hydrogen-bond donors (Lipinski definition) is 2. The minimum absolute atomic E-state index is 0.230. The largest absolute Gasteiger partial charge is 0.397 e. The maximum Gasteiger partial charge on any atom is 0.277 e. The van der Waals surface area contributed by atoms with Crippen LogP contribution in [0.1, 0.15) is 45.0 Å². The number of nitrogens with one attached hydrogen (secondary N) is 1. The number of nitrogen functional groups attached to an aromatic ring is 1. The highest BCUT2D eigenvalue weighted by Gasteiger charge is 2.12. The van der Waals surface area contributed by atoms with Crippen molar-refractivity contribution in [3.05, 3.63) is 23.8 Å². The zero-order valence-corrected chi connectivity index (χ0v) is 14.7. The lowest BCUT2D eigenvalue weighted by molar-refractivity contribution is -0.0756. The lowest BCUT2D eigenvalue weighted by Gasteiger charge is -2.14. The molecule has 0 bridgehead atoms. The molecule has 21 heavy (non-hydrogen) atoms. The van der Waals surface area contributed by atoms with E-state index < -0.39 is 0 Å². The maximum absolute atomic E-state index is 11.7. The first-order valence-electron chi connectivity index (χ1n) is 7.22. The van der Waals surface area contributed by atoms with Crippen molar-refractivity contribution in [1.82, 2.24) is 5.06 Å². The van der Waals surface area contributed by atoms with Gasteiger partial charge in [-0.15, -0.1) is 0 Å². The van der Waals surface area contributed by atoms with Gasteiger partial charge < -0.3 is 11.1 Å². The van der Waals surface area contributed by atoms with E-state index in [2.05, 4.69) is 26.1 Å². The van der Waals surface area contributed by atoms with Gasteiger partial charge in [0.25, 0.3) is 5.91 Å². The molecule has 0 saturated carbocycles. The van der Waals surface area contributed by atoms with Gasteiger partial charge >= 0.3 is 0 Å². The summed E-state index contributed by atoms with van der Waals surface area (Å²) in [5, 5.41) is 4.07. The van der Waals surface area contributed by atoms with Crippen LogP contribution in [0.3, 0.4) is 0 Å². The van der Waals surface area contributed by atoms with Crippen molar-refractivity contribution in [1.29, 1.82) is 0 Å². The fraction of sp³-hybridized carbons (Fsp3) is 0.562. The number of benzene rings is 1. The Morgan fingerprint density at radius 1 is 1.29 bits per heavy atom. The highest BCUT2D eigenvalue weighted by atomic mass is 16.7. The molecular weight excluding hydrogens is 266 g/mol. The molecule has 0 unspecified atom stereocenters. The first-order valence-corrected chi connectivity index (χ1v) is 7.22. The number of carbonyl (C=O) groups excluding carboxylic acids is 1. The van der Waals surface area contributed by atoms with Crippen LogP contribution in [0.25, 0.3) is 0 Å². The van der Waals surface area contributed by atoms with Crippen molar-refractivity contribution in [2.45, 2.75) is 34.6 Å². The number of hydrogen-bond acceptors (Lipinski definition) is 4. The van der Waals surface area contributed by atoms with Crippen LogP contribution in [0.15, 0.2) is 18.2 Å². The molecule has 0 radical (unpaired) electrons. The summed E-state index contributed by atoms with van der Waals surface area (Å²) in [5.41, 5.74) is 7.57. The number of amides is 1. The first-order chi connectivity index (χ1) is 9.83. The normalized spacial score (nSPS) is 9.00. The average molecular weight is 297 g/mol. The average Bonchev–Trinajstić information content (AvgIpc) is 2.47. The second kappa shape index (κ2) is 12.0. The Balaban J connectivity index is 0. The molecule has 1 amide bonds. The van der Waals surface area contributed by atoms with Gasteiger partial charge in [-0.05, 0) is 24.1 Å². The van der Waals surface area contributed by atoms with Gasteiger partial charge in [0.1, 0.15) is 0 Å². The Kier molecular flexibility index (Phi) is 12.3. The summed E-state index contributed by atoms with van der Waals surface area (Å²) >= 11 is 0. The molecule has 1 aromatic rings. The summed E-state index contributed by atoms with van der Waals surface area (Å²) in [7, 11) is 4.75. The molecule has 0 fully saturated rings. The quantitative estimate of drug-likeness (QED) is 0.660. The lowest BCUT2D eigenvalue weighted by atomic mass is 10.1. The Hall–Kier alpha value is -1.75. The fourth-order valence-electron chi connectivity index (χ4n) is 1.19. The predicted molar refractivity (Wildman–Crippen MR) is 91.4 cm³/mol. The van der Waals surface area contributed by atoms with Crippen molar-refractivity contribution >= 4 is 17.3 Å². The number of hydroxylamine groups is 2. The van der Waals surface area contributed by atoms with Crippen LogP contribution in [0, 0.1) is 5.92 Å². The molecule has 0 atom stereocenters. The van der Waals surface area contributed by atoms with E-state index >= 15 is 0 Å². The van der Waals surface area contributed by atoms with Gasteiger partial charge in [0.05, 0.1) is 18.5 Å². The highest BCUT2D eigenvalue weighted by Crippen LogP contribution is 2.19. The number of nitrogens with two attached hydrogens (primary N) is 1. The SMILES string of the molecule is CC.CC(C)C.CNc1ccc(C(=O)N(C)OC)cc1N. The summed E-state index contributed by atoms with van der Waals surface area (Å²) in [6, 6.07) is 5.07. The maximum atomic E-state index is 11.7. The van der Waals surface area contributed by atoms with Gasteiger partial charge in [-0.2, -0.15) is 0 Å². The van der Waals surface area contributed by atoms with E-state index in [1.54, 1.807) is 32.3 Å². The third-order valence-corrected chi connectivity index (χ3v) is 2.13. The number of rotatable bonds is 3. The molecule has 1 aromatic carbocycles. The molecule has 0 spiro atoms. The van der Waals surface area contributed by atoms with E-state index in [0.29, 0.717) is 11.3 Å². The Bertz CT molecular complexity index is 404. The van der Waals surface area contributed by atoms with Gasteiger partial charge in [0, 0.05) is 19.7 Å². The van der Waals surface area contributed by atoms with Gasteiger partial charge in [-0.3, -0.25) is 9.63 Å². The van der Waals surface area contributed by atoms with Crippen molar-refractivity contribution in [2.75, 3.05) is 32.3 Å². The van der Waals surface area contributed by atoms with Crippen LogP contribution in [0.2, 0.25) is 0 Å². The van der Waals surface area contributed by atoms with Crippen LogP contribution in [-0.2, 0) is 4.84 Å². The molecule has 0 saturated heterocycles. The van der Waals surface area contributed by atoms with Crippen LogP contribution in [0.5, 0.6) is 0 Å². The van der Waals surface area contributed by atoms with Crippen molar-refractivity contribution < 1.29 is 9.63 Å². The van der Waals surface area contributed by atoms with E-state index in [1.807, 2.05) is 13.8 Å². The molecular formula is C16H31N3O2. The Morgan fingerprint density at radius 3 is 2.10 bits per heavy atom. The topological polar surface area (TPSA) is 67.6 Å². The minimum Gasteiger partial charge on any atom is -0.397 e. The summed E-state index contributed by atoms with van der Waals surface area (Å²) in [6.07, 6.45) is 0. The Labute approximate surface area is 129 Å². The molecule has 0 aliphatic carbocycles. The summed E-state index contributed by atoms with van der Waals surface area (Å²) in [4.78, 5) is 16.4. The van der Waals surface area contributed by atoms with Crippen molar-refractivity contribution in [2.24, 2.45) is 5.92 Å². The van der Waals surface area contributed by atoms with E-state index in [-0.39, 0.29) is 5.91 Å². The first kappa shape index (κ1) is 21.5. The van der Waals surface area contributed by atoms with E-state index in [9.17, 15) is 4.79 Å². The molecule has 0 heterocycles. The molecule has 3 N–H and O–H groups in total. The van der Waals surface area contributed by atoms with Crippen molar-refractivity contribution in [3.8, 4) is 0 Å². The molecule has 122 valence electrons. The third-order valence-electron chi connectivity index (χ3n) is 2.13. The van der Waals surface area contributed by atoms with Gasteiger partial charge in [0.2, 0.25) is 0 Å². The Morgan fingerprint density at radius 2 is 1.76 bits per heavy atom. The number of carbonyl (C=O) groups is 1. The molecule has 5 nitrogen and oxygen atoms in total.